The molecule has 0 heterocycles. The van der Waals surface area contributed by atoms with Crippen LogP contribution in [0.2, 0.25) is 0 Å². The third-order valence-corrected chi connectivity index (χ3v) is 2.66. The highest BCUT2D eigenvalue weighted by molar-refractivity contribution is 5.89. The van der Waals surface area contributed by atoms with Gasteiger partial charge in [-0.2, -0.15) is 0 Å². The van der Waals surface area contributed by atoms with Crippen molar-refractivity contribution in [3.05, 3.63) is 34.4 Å². The van der Waals surface area contributed by atoms with Gasteiger partial charge < -0.3 is 5.11 Å². The number of carbonyl (C=O) groups is 1. The fraction of sp³-hybridized carbons (Fsp3) is 0.417. The van der Waals surface area contributed by atoms with Gasteiger partial charge in [-0.3, -0.25) is 0 Å². The number of aryl methyl sites for hydroxylation is 1. The molecular weight excluding hydrogens is 176 g/mol. The maximum absolute atomic E-state index is 10.9. The highest BCUT2D eigenvalue weighted by Gasteiger charge is 2.11. The summed E-state index contributed by atoms with van der Waals surface area (Å²) in [5, 5.41) is 8.95. The van der Waals surface area contributed by atoms with Crippen molar-refractivity contribution in [2.45, 2.75) is 33.6 Å². The van der Waals surface area contributed by atoms with Crippen molar-refractivity contribution in [1.82, 2.24) is 0 Å². The third-order valence-electron chi connectivity index (χ3n) is 2.66. The van der Waals surface area contributed by atoms with Crippen molar-refractivity contribution in [2.24, 2.45) is 0 Å². The minimum Gasteiger partial charge on any atom is -0.478 e. The molecule has 0 amide bonds. The first kappa shape index (κ1) is 10.8. The zero-order valence-corrected chi connectivity index (χ0v) is 8.92. The van der Waals surface area contributed by atoms with E-state index in [1.54, 1.807) is 6.07 Å². The Balaban J connectivity index is 3.34. The summed E-state index contributed by atoms with van der Waals surface area (Å²) in [7, 11) is 0. The number of hydrogen-bond donors (Lipinski definition) is 1. The van der Waals surface area contributed by atoms with E-state index in [1.807, 2.05) is 13.0 Å². The van der Waals surface area contributed by atoms with E-state index in [9.17, 15) is 4.79 Å². The summed E-state index contributed by atoms with van der Waals surface area (Å²) >= 11 is 0. The topological polar surface area (TPSA) is 37.3 Å². The second-order valence-corrected chi connectivity index (χ2v) is 3.39. The lowest BCUT2D eigenvalue weighted by atomic mass is 9.94. The number of aromatic carboxylic acids is 1. The largest absolute Gasteiger partial charge is 0.478 e. The first-order valence-corrected chi connectivity index (χ1v) is 4.96. The van der Waals surface area contributed by atoms with Gasteiger partial charge in [-0.1, -0.05) is 19.9 Å². The number of hydrogen-bond acceptors (Lipinski definition) is 1. The highest BCUT2D eigenvalue weighted by Crippen LogP contribution is 2.19. The zero-order chi connectivity index (χ0) is 10.7. The van der Waals surface area contributed by atoms with E-state index in [2.05, 4.69) is 13.8 Å². The van der Waals surface area contributed by atoms with Crippen molar-refractivity contribution in [2.75, 3.05) is 0 Å². The van der Waals surface area contributed by atoms with Crippen LogP contribution in [-0.4, -0.2) is 11.1 Å². The molecule has 0 spiro atoms. The smallest absolute Gasteiger partial charge is 0.335 e. The van der Waals surface area contributed by atoms with Crippen LogP contribution in [0.1, 0.15) is 40.9 Å². The van der Waals surface area contributed by atoms with Crippen molar-refractivity contribution >= 4 is 5.97 Å². The Hall–Kier alpha value is -1.31. The first-order chi connectivity index (χ1) is 6.61. The lowest BCUT2D eigenvalue weighted by Crippen LogP contribution is -2.05. The van der Waals surface area contributed by atoms with Crippen molar-refractivity contribution < 1.29 is 9.90 Å². The maximum Gasteiger partial charge on any atom is 0.335 e. The molecule has 1 rings (SSSR count). The Morgan fingerprint density at radius 2 is 1.93 bits per heavy atom. The fourth-order valence-corrected chi connectivity index (χ4v) is 1.87. The van der Waals surface area contributed by atoms with Crippen LogP contribution in [0.4, 0.5) is 0 Å². The maximum atomic E-state index is 10.9. The standard InChI is InChI=1S/C12H16O2/c1-4-9-6-7-11(12(13)14)8(3)10(9)5-2/h6-7H,4-5H2,1-3H3,(H,13,14). The molecule has 0 aliphatic heterocycles. The van der Waals surface area contributed by atoms with E-state index < -0.39 is 5.97 Å². The molecule has 2 nitrogen and oxygen atoms in total. The van der Waals surface area contributed by atoms with Gasteiger partial charge in [0.25, 0.3) is 0 Å². The van der Waals surface area contributed by atoms with Crippen molar-refractivity contribution in [1.29, 1.82) is 0 Å². The van der Waals surface area contributed by atoms with Crippen molar-refractivity contribution in [3.63, 3.8) is 0 Å². The first-order valence-electron chi connectivity index (χ1n) is 4.96. The number of carboxylic acids is 1. The van der Waals surface area contributed by atoms with Gasteiger partial charge in [-0.05, 0) is 42.5 Å². The SMILES string of the molecule is CCc1ccc(C(=O)O)c(C)c1CC. The normalized spacial score (nSPS) is 10.2. The molecule has 0 bridgehead atoms. The van der Waals surface area contributed by atoms with Gasteiger partial charge in [0.1, 0.15) is 0 Å². The van der Waals surface area contributed by atoms with Gasteiger partial charge in [0.05, 0.1) is 5.56 Å². The second kappa shape index (κ2) is 4.27. The molecule has 1 aromatic rings. The minimum absolute atomic E-state index is 0.430. The highest BCUT2D eigenvalue weighted by atomic mass is 16.4. The van der Waals surface area contributed by atoms with E-state index in [-0.39, 0.29) is 0 Å². The predicted octanol–water partition coefficient (Wildman–Crippen LogP) is 2.82. The molecule has 0 aromatic heterocycles. The molecule has 2 heteroatoms. The fourth-order valence-electron chi connectivity index (χ4n) is 1.87. The molecular formula is C12H16O2. The van der Waals surface area contributed by atoms with Gasteiger partial charge in [0, 0.05) is 0 Å². The summed E-state index contributed by atoms with van der Waals surface area (Å²) in [6, 6.07) is 3.63. The predicted molar refractivity (Wildman–Crippen MR) is 56.9 cm³/mol. The molecule has 1 aromatic carbocycles. The Kier molecular flexibility index (Phi) is 3.28. The molecule has 0 saturated carbocycles. The summed E-state index contributed by atoms with van der Waals surface area (Å²) in [6.45, 7) is 6.04. The number of rotatable bonds is 3. The molecule has 1 N–H and O–H groups in total. The molecule has 14 heavy (non-hydrogen) atoms. The summed E-state index contributed by atoms with van der Waals surface area (Å²) in [5.41, 5.74) is 3.79. The van der Waals surface area contributed by atoms with Crippen LogP contribution in [0.25, 0.3) is 0 Å². The lowest BCUT2D eigenvalue weighted by Gasteiger charge is -2.11. The Labute approximate surface area is 84.6 Å². The summed E-state index contributed by atoms with van der Waals surface area (Å²) in [6.07, 6.45) is 1.86. The summed E-state index contributed by atoms with van der Waals surface area (Å²) < 4.78 is 0. The van der Waals surface area contributed by atoms with E-state index in [0.717, 1.165) is 18.4 Å². The van der Waals surface area contributed by atoms with Crippen LogP contribution in [0.3, 0.4) is 0 Å². The zero-order valence-electron chi connectivity index (χ0n) is 8.92. The van der Waals surface area contributed by atoms with E-state index in [4.69, 9.17) is 5.11 Å². The van der Waals surface area contributed by atoms with Crippen molar-refractivity contribution in [3.8, 4) is 0 Å². The molecule has 0 atom stereocenters. The summed E-state index contributed by atoms with van der Waals surface area (Å²) in [5.74, 6) is -0.833. The quantitative estimate of drug-likeness (QED) is 0.799. The molecule has 0 fully saturated rings. The number of carboxylic acid groups (broad SMARTS) is 1. The van der Waals surface area contributed by atoms with Crippen LogP contribution >= 0.6 is 0 Å². The van der Waals surface area contributed by atoms with Crippen LogP contribution in [-0.2, 0) is 12.8 Å². The minimum atomic E-state index is -0.833. The third kappa shape index (κ3) is 1.79. The van der Waals surface area contributed by atoms with Crippen LogP contribution in [0, 0.1) is 6.92 Å². The van der Waals surface area contributed by atoms with Crippen LogP contribution in [0.15, 0.2) is 12.1 Å². The van der Waals surface area contributed by atoms with Gasteiger partial charge in [-0.25, -0.2) is 4.79 Å². The Morgan fingerprint density at radius 1 is 1.29 bits per heavy atom. The molecule has 0 saturated heterocycles. The van der Waals surface area contributed by atoms with E-state index in [0.29, 0.717) is 5.56 Å². The summed E-state index contributed by atoms with van der Waals surface area (Å²) in [4.78, 5) is 10.9. The van der Waals surface area contributed by atoms with Gasteiger partial charge in [0.2, 0.25) is 0 Å². The molecule has 0 radical (unpaired) electrons. The molecule has 76 valence electrons. The van der Waals surface area contributed by atoms with Crippen LogP contribution < -0.4 is 0 Å². The van der Waals surface area contributed by atoms with Crippen LogP contribution in [0.5, 0.6) is 0 Å². The monoisotopic (exact) mass is 192 g/mol. The van der Waals surface area contributed by atoms with E-state index in [1.165, 1.54) is 11.1 Å². The second-order valence-electron chi connectivity index (χ2n) is 3.39. The van der Waals surface area contributed by atoms with E-state index >= 15 is 0 Å². The average Bonchev–Trinajstić information content (AvgIpc) is 2.16. The molecule has 0 unspecified atom stereocenters. The Morgan fingerprint density at radius 3 is 2.36 bits per heavy atom. The van der Waals surface area contributed by atoms with Gasteiger partial charge in [0.15, 0.2) is 0 Å². The van der Waals surface area contributed by atoms with Gasteiger partial charge >= 0.3 is 5.97 Å². The van der Waals surface area contributed by atoms with Gasteiger partial charge in [-0.15, -0.1) is 0 Å². The molecule has 0 aliphatic carbocycles. The lowest BCUT2D eigenvalue weighted by molar-refractivity contribution is 0.0696. The number of benzene rings is 1. The average molecular weight is 192 g/mol. The Bertz CT molecular complexity index is 354. The molecule has 0 aliphatic rings.